The monoisotopic (exact) mass is 384 g/mol. The van der Waals surface area contributed by atoms with Gasteiger partial charge in [0.15, 0.2) is 0 Å². The van der Waals surface area contributed by atoms with Gasteiger partial charge in [-0.1, -0.05) is 12.2 Å². The first-order chi connectivity index (χ1) is 7.12. The molecule has 0 aromatic carbocycles. The molecule has 0 radical (unpaired) electrons. The predicted octanol–water partition coefficient (Wildman–Crippen LogP) is 0.639. The molecule has 0 aliphatic rings. The molecular formula is C6H10O4P2S4Ti. The van der Waals surface area contributed by atoms with E-state index in [9.17, 15) is 9.79 Å². The largest absolute Gasteiger partial charge is 4.00 e. The molecule has 0 amide bonds. The van der Waals surface area contributed by atoms with Crippen LogP contribution in [0.1, 0.15) is 0 Å². The van der Waals surface area contributed by atoms with E-state index < -0.39 is 11.4 Å². The Morgan fingerprint density at radius 3 is 1.29 bits per heavy atom. The van der Waals surface area contributed by atoms with E-state index in [0.29, 0.717) is 0 Å². The first kappa shape index (κ1) is 24.1. The Hall–Kier alpha value is 2.03. The van der Waals surface area contributed by atoms with E-state index >= 15 is 0 Å². The number of hydrogen-bond acceptors (Lipinski definition) is 8. The van der Waals surface area contributed by atoms with Gasteiger partial charge in [0.05, 0.1) is 13.2 Å². The fraction of sp³-hybridized carbons (Fsp3) is 0.333. The van der Waals surface area contributed by atoms with Gasteiger partial charge >= 0.3 is 21.7 Å². The molecule has 0 aromatic heterocycles. The molecule has 0 aliphatic carbocycles. The summed E-state index contributed by atoms with van der Waals surface area (Å²) in [6, 6.07) is 0. The molecular weight excluding hydrogens is 374 g/mol. The summed E-state index contributed by atoms with van der Waals surface area (Å²) < 4.78 is 8.89. The van der Waals surface area contributed by atoms with E-state index in [0.717, 1.165) is 0 Å². The van der Waals surface area contributed by atoms with Crippen molar-refractivity contribution in [2.24, 2.45) is 0 Å². The van der Waals surface area contributed by atoms with Crippen molar-refractivity contribution < 1.29 is 40.6 Å². The van der Waals surface area contributed by atoms with E-state index in [-0.39, 0.29) is 34.9 Å². The molecule has 96 valence electrons. The minimum absolute atomic E-state index is 0. The smallest absolute Gasteiger partial charge is 0.819 e. The van der Waals surface area contributed by atoms with Gasteiger partial charge in [-0.3, -0.25) is 0 Å². The Morgan fingerprint density at radius 1 is 1.00 bits per heavy atom. The van der Waals surface area contributed by atoms with Crippen LogP contribution in [0, 0.1) is 0 Å². The molecule has 0 heterocycles. The van der Waals surface area contributed by atoms with E-state index in [1.807, 2.05) is 0 Å². The fourth-order valence-electron chi connectivity index (χ4n) is 0.288. The molecule has 2 atom stereocenters. The Morgan fingerprint density at radius 2 is 1.24 bits per heavy atom. The Bertz CT molecular complexity index is 272. The SMILES string of the molecule is C=CCOP([O-])(=S)[S-].C=CCOP([O-])(=S)[S-].[Ti+4]. The quantitative estimate of drug-likeness (QED) is 0.286. The van der Waals surface area contributed by atoms with Crippen molar-refractivity contribution in [3.8, 4) is 0 Å². The average Bonchev–Trinajstić information content (AvgIpc) is 2.10. The second-order valence-electron chi connectivity index (χ2n) is 2.06. The molecule has 17 heavy (non-hydrogen) atoms. The molecule has 0 saturated heterocycles. The Labute approximate surface area is 137 Å². The third-order valence-electron chi connectivity index (χ3n) is 0.701. The van der Waals surface area contributed by atoms with Gasteiger partial charge in [0, 0.05) is 0 Å². The molecule has 4 nitrogen and oxygen atoms in total. The van der Waals surface area contributed by atoms with Gasteiger partial charge < -0.3 is 43.3 Å². The molecule has 0 rings (SSSR count). The second kappa shape index (κ2) is 13.0. The van der Waals surface area contributed by atoms with Crippen molar-refractivity contribution in [2.75, 3.05) is 13.2 Å². The molecule has 2 unspecified atom stereocenters. The van der Waals surface area contributed by atoms with Gasteiger partial charge in [-0.15, -0.1) is 48.2 Å². The van der Waals surface area contributed by atoms with Crippen molar-refractivity contribution in [2.45, 2.75) is 0 Å². The van der Waals surface area contributed by atoms with Crippen molar-refractivity contribution >= 4 is 59.5 Å². The fourth-order valence-corrected chi connectivity index (χ4v) is 1.59. The predicted molar refractivity (Wildman–Crippen MR) is 75.6 cm³/mol. The van der Waals surface area contributed by atoms with Gasteiger partial charge in [0.1, 0.15) is 0 Å². The van der Waals surface area contributed by atoms with E-state index in [1.54, 1.807) is 0 Å². The number of hydrogen-bond donors (Lipinski definition) is 0. The van der Waals surface area contributed by atoms with Gasteiger partial charge in [-0.05, 0) is 0 Å². The molecule has 0 fully saturated rings. The minimum Gasteiger partial charge on any atom is -0.819 e. The standard InChI is InChI=1S/2C3H7O2PS2.Ti/c2*1-2-3-5-6(4,7)8;/h2*2H,1,3H2,(H2,4,7,8);/q;;+4/p-4. The number of rotatable bonds is 6. The van der Waals surface area contributed by atoms with Crippen molar-refractivity contribution in [3.63, 3.8) is 0 Å². The summed E-state index contributed by atoms with van der Waals surface area (Å²) in [5.74, 6) is 0. The Balaban J connectivity index is -0.000000218. The summed E-state index contributed by atoms with van der Waals surface area (Å²) in [4.78, 5) is 20.7. The molecule has 0 aromatic rings. The molecule has 11 heteroatoms. The van der Waals surface area contributed by atoms with E-state index in [4.69, 9.17) is 0 Å². The summed E-state index contributed by atoms with van der Waals surface area (Å²) in [6.07, 6.45) is 2.90. The normalized spacial score (nSPS) is 16.2. The van der Waals surface area contributed by atoms with E-state index in [2.05, 4.69) is 70.3 Å². The van der Waals surface area contributed by atoms with Gasteiger partial charge in [0.2, 0.25) is 0 Å². The van der Waals surface area contributed by atoms with Crippen LogP contribution in [0.4, 0.5) is 0 Å². The van der Waals surface area contributed by atoms with Crippen LogP contribution in [0.3, 0.4) is 0 Å². The van der Waals surface area contributed by atoms with Crippen LogP contribution >= 0.6 is 11.4 Å². The van der Waals surface area contributed by atoms with E-state index in [1.165, 1.54) is 12.2 Å². The first-order valence-corrected chi connectivity index (χ1v) is 11.0. The summed E-state index contributed by atoms with van der Waals surface area (Å²) in [6.45, 7) is 6.99. The van der Waals surface area contributed by atoms with Crippen molar-refractivity contribution in [1.29, 1.82) is 0 Å². The topological polar surface area (TPSA) is 64.6 Å². The Kier molecular flexibility index (Phi) is 18.5. The van der Waals surface area contributed by atoms with Crippen LogP contribution in [0.5, 0.6) is 0 Å². The maximum atomic E-state index is 10.3. The van der Waals surface area contributed by atoms with Gasteiger partial charge in [-0.25, -0.2) is 0 Å². The first-order valence-electron chi connectivity index (χ1n) is 3.67. The van der Waals surface area contributed by atoms with Crippen LogP contribution in [0.2, 0.25) is 0 Å². The third-order valence-corrected chi connectivity index (χ3v) is 2.90. The zero-order chi connectivity index (χ0) is 13.2. The summed E-state index contributed by atoms with van der Waals surface area (Å²) >= 11 is 17.0. The van der Waals surface area contributed by atoms with Crippen LogP contribution in [0.25, 0.3) is 0 Å². The van der Waals surface area contributed by atoms with Crippen molar-refractivity contribution in [1.82, 2.24) is 0 Å². The average molecular weight is 384 g/mol. The van der Waals surface area contributed by atoms with Crippen molar-refractivity contribution in [3.05, 3.63) is 25.3 Å². The molecule has 0 bridgehead atoms. The van der Waals surface area contributed by atoms with Crippen LogP contribution in [0.15, 0.2) is 25.3 Å². The maximum Gasteiger partial charge on any atom is 4.00 e. The van der Waals surface area contributed by atoms with Crippen LogP contribution < -0.4 is 9.79 Å². The van der Waals surface area contributed by atoms with Crippen LogP contribution in [-0.2, 0) is 78.9 Å². The second-order valence-corrected chi connectivity index (χ2v) is 11.5. The zero-order valence-electron chi connectivity index (χ0n) is 8.64. The maximum absolute atomic E-state index is 10.3. The zero-order valence-corrected chi connectivity index (χ0v) is 15.3. The van der Waals surface area contributed by atoms with Gasteiger partial charge in [-0.2, -0.15) is 0 Å². The summed E-state index contributed by atoms with van der Waals surface area (Å²) in [5, 5.41) is 0. The van der Waals surface area contributed by atoms with Gasteiger partial charge in [0.25, 0.3) is 0 Å². The van der Waals surface area contributed by atoms with Crippen LogP contribution in [-0.4, -0.2) is 13.2 Å². The minimum atomic E-state index is -3.09. The molecule has 0 spiro atoms. The molecule has 0 saturated carbocycles. The summed E-state index contributed by atoms with van der Waals surface area (Å²) in [7, 11) is 0. The summed E-state index contributed by atoms with van der Waals surface area (Å²) in [5.41, 5.74) is -6.17. The molecule has 0 aliphatic heterocycles. The third kappa shape index (κ3) is 32.0. The molecule has 0 N–H and O–H groups in total.